The fourth-order valence-corrected chi connectivity index (χ4v) is 0.888. The number of carbonyl (C=O) groups excluding carboxylic acids is 1. The van der Waals surface area contributed by atoms with Crippen molar-refractivity contribution in [3.8, 4) is 0 Å². The number of hydrogen-bond donors (Lipinski definition) is 1. The molecular weight excluding hydrogens is 202 g/mol. The van der Waals surface area contributed by atoms with Crippen LogP contribution >= 0.6 is 11.6 Å². The van der Waals surface area contributed by atoms with Gasteiger partial charge in [-0.1, -0.05) is 0 Å². The van der Waals surface area contributed by atoms with Crippen molar-refractivity contribution in [1.29, 1.82) is 0 Å². The minimum atomic E-state index is -0.434. The van der Waals surface area contributed by atoms with E-state index in [9.17, 15) is 4.79 Å². The Morgan fingerprint density at radius 3 is 2.79 bits per heavy atom. The van der Waals surface area contributed by atoms with E-state index in [4.69, 9.17) is 11.6 Å². The Hall–Kier alpha value is -1.16. The van der Waals surface area contributed by atoms with Crippen LogP contribution in [0.4, 0.5) is 0 Å². The molecular formula is C9H12ClN3O. The lowest BCUT2D eigenvalue weighted by Gasteiger charge is -2.22. The van der Waals surface area contributed by atoms with Crippen LogP contribution in [0.15, 0.2) is 18.6 Å². The van der Waals surface area contributed by atoms with Gasteiger partial charge in [-0.2, -0.15) is 0 Å². The molecule has 0 atom stereocenters. The molecule has 0 unspecified atom stereocenters. The average molecular weight is 214 g/mol. The highest BCUT2D eigenvalue weighted by Crippen LogP contribution is 2.05. The lowest BCUT2D eigenvalue weighted by atomic mass is 10.1. The zero-order valence-corrected chi connectivity index (χ0v) is 8.88. The normalized spacial score (nSPS) is 11.1. The van der Waals surface area contributed by atoms with Gasteiger partial charge in [-0.05, 0) is 13.8 Å². The maximum absolute atomic E-state index is 11.5. The largest absolute Gasteiger partial charge is 0.345 e. The molecule has 1 aromatic rings. The second-order valence-corrected chi connectivity index (χ2v) is 3.83. The third-order valence-electron chi connectivity index (χ3n) is 1.58. The van der Waals surface area contributed by atoms with Crippen molar-refractivity contribution in [3.05, 3.63) is 24.3 Å². The number of hydrogen-bond acceptors (Lipinski definition) is 3. The first-order chi connectivity index (χ1) is 6.55. The maximum atomic E-state index is 11.5. The maximum Gasteiger partial charge on any atom is 0.271 e. The molecule has 0 spiro atoms. The molecule has 1 N–H and O–H groups in total. The van der Waals surface area contributed by atoms with Gasteiger partial charge in [0.1, 0.15) is 5.69 Å². The van der Waals surface area contributed by atoms with Gasteiger partial charge in [-0.15, -0.1) is 11.6 Å². The predicted octanol–water partition coefficient (Wildman–Crippen LogP) is 1.22. The highest BCUT2D eigenvalue weighted by atomic mass is 35.5. The number of amides is 1. The number of halogens is 1. The fourth-order valence-electron chi connectivity index (χ4n) is 0.821. The van der Waals surface area contributed by atoms with Gasteiger partial charge in [0.25, 0.3) is 5.91 Å². The van der Waals surface area contributed by atoms with E-state index in [0.717, 1.165) is 0 Å². The molecule has 0 fully saturated rings. The molecule has 76 valence electrons. The van der Waals surface area contributed by atoms with E-state index in [1.54, 1.807) is 0 Å². The Morgan fingerprint density at radius 2 is 2.29 bits per heavy atom. The molecule has 0 aliphatic rings. The zero-order chi connectivity index (χ0) is 10.6. The molecule has 0 aliphatic heterocycles. The second-order valence-electron chi connectivity index (χ2n) is 3.56. The van der Waals surface area contributed by atoms with Gasteiger partial charge in [0.2, 0.25) is 0 Å². The Bertz CT molecular complexity index is 313. The Balaban J connectivity index is 2.69. The van der Waals surface area contributed by atoms with Gasteiger partial charge in [0, 0.05) is 23.8 Å². The topological polar surface area (TPSA) is 54.9 Å². The molecule has 0 saturated carbocycles. The van der Waals surface area contributed by atoms with Crippen LogP contribution in [-0.4, -0.2) is 27.3 Å². The molecule has 5 heteroatoms. The molecule has 4 nitrogen and oxygen atoms in total. The summed E-state index contributed by atoms with van der Waals surface area (Å²) < 4.78 is 0. The standard InChI is InChI=1S/C9H12ClN3O/c1-9(2,6-10)13-8(14)7-5-11-3-4-12-7/h3-5H,6H2,1-2H3,(H,13,14). The molecule has 0 saturated heterocycles. The monoisotopic (exact) mass is 213 g/mol. The van der Waals surface area contributed by atoms with Gasteiger partial charge < -0.3 is 5.32 Å². The summed E-state index contributed by atoms with van der Waals surface area (Å²) >= 11 is 5.67. The highest BCUT2D eigenvalue weighted by molar-refractivity contribution is 6.18. The summed E-state index contributed by atoms with van der Waals surface area (Å²) in [7, 11) is 0. The van der Waals surface area contributed by atoms with Crippen molar-refractivity contribution >= 4 is 17.5 Å². The van der Waals surface area contributed by atoms with Crippen LogP contribution in [0.3, 0.4) is 0 Å². The third-order valence-corrected chi connectivity index (χ3v) is 2.25. The molecule has 1 amide bonds. The molecule has 0 aliphatic carbocycles. The van der Waals surface area contributed by atoms with Gasteiger partial charge >= 0.3 is 0 Å². The molecule has 1 aromatic heterocycles. The van der Waals surface area contributed by atoms with Gasteiger partial charge in [-0.25, -0.2) is 4.98 Å². The molecule has 0 bridgehead atoms. The molecule has 0 radical (unpaired) electrons. The molecule has 1 rings (SSSR count). The quantitative estimate of drug-likeness (QED) is 0.769. The number of aromatic nitrogens is 2. The van der Waals surface area contributed by atoms with Crippen molar-refractivity contribution in [1.82, 2.24) is 15.3 Å². The number of alkyl halides is 1. The first-order valence-corrected chi connectivity index (χ1v) is 4.73. The minimum absolute atomic E-state index is 0.260. The Morgan fingerprint density at radius 1 is 1.57 bits per heavy atom. The van der Waals surface area contributed by atoms with Crippen LogP contribution in [0.25, 0.3) is 0 Å². The van der Waals surface area contributed by atoms with E-state index in [0.29, 0.717) is 11.6 Å². The summed E-state index contributed by atoms with van der Waals surface area (Å²) in [6.07, 6.45) is 4.41. The molecule has 0 aromatic carbocycles. The SMILES string of the molecule is CC(C)(CCl)NC(=O)c1cnccn1. The predicted molar refractivity (Wildman–Crippen MR) is 54.3 cm³/mol. The van der Waals surface area contributed by atoms with E-state index < -0.39 is 5.54 Å². The fraction of sp³-hybridized carbons (Fsp3) is 0.444. The van der Waals surface area contributed by atoms with Crippen LogP contribution in [0, 0.1) is 0 Å². The van der Waals surface area contributed by atoms with E-state index in [1.807, 2.05) is 13.8 Å². The summed E-state index contributed by atoms with van der Waals surface area (Å²) in [6.45, 7) is 3.68. The lowest BCUT2D eigenvalue weighted by Crippen LogP contribution is -2.45. The summed E-state index contributed by atoms with van der Waals surface area (Å²) in [6, 6.07) is 0. The van der Waals surface area contributed by atoms with E-state index in [-0.39, 0.29) is 5.91 Å². The zero-order valence-electron chi connectivity index (χ0n) is 8.12. The van der Waals surface area contributed by atoms with E-state index in [1.165, 1.54) is 18.6 Å². The van der Waals surface area contributed by atoms with Gasteiger partial charge in [0.15, 0.2) is 0 Å². The van der Waals surface area contributed by atoms with Crippen LogP contribution < -0.4 is 5.32 Å². The number of nitrogens with zero attached hydrogens (tertiary/aromatic N) is 2. The van der Waals surface area contributed by atoms with Crippen molar-refractivity contribution in [2.45, 2.75) is 19.4 Å². The smallest absolute Gasteiger partial charge is 0.271 e. The van der Waals surface area contributed by atoms with Gasteiger partial charge in [0.05, 0.1) is 6.20 Å². The van der Waals surface area contributed by atoms with E-state index in [2.05, 4.69) is 15.3 Å². The number of rotatable bonds is 3. The molecule has 14 heavy (non-hydrogen) atoms. The highest BCUT2D eigenvalue weighted by Gasteiger charge is 2.20. The summed E-state index contributed by atoms with van der Waals surface area (Å²) in [4.78, 5) is 19.2. The van der Waals surface area contributed by atoms with E-state index >= 15 is 0 Å². The first-order valence-electron chi connectivity index (χ1n) is 4.20. The number of carbonyl (C=O) groups is 1. The van der Waals surface area contributed by atoms with Crippen LogP contribution in [0.5, 0.6) is 0 Å². The first kappa shape index (κ1) is 10.9. The summed E-state index contributed by atoms with van der Waals surface area (Å²) in [5.41, 5.74) is -0.137. The van der Waals surface area contributed by atoms with Crippen molar-refractivity contribution < 1.29 is 4.79 Å². The van der Waals surface area contributed by atoms with Crippen molar-refractivity contribution in [3.63, 3.8) is 0 Å². The molecule has 1 heterocycles. The number of nitrogens with one attached hydrogen (secondary N) is 1. The van der Waals surface area contributed by atoms with Crippen molar-refractivity contribution in [2.75, 3.05) is 5.88 Å². The van der Waals surface area contributed by atoms with Crippen LogP contribution in [0.2, 0.25) is 0 Å². The Labute approximate surface area is 87.7 Å². The lowest BCUT2D eigenvalue weighted by molar-refractivity contribution is 0.0915. The third kappa shape index (κ3) is 2.96. The van der Waals surface area contributed by atoms with Crippen LogP contribution in [0.1, 0.15) is 24.3 Å². The average Bonchev–Trinajstić information content (AvgIpc) is 2.19. The minimum Gasteiger partial charge on any atom is -0.345 e. The van der Waals surface area contributed by atoms with Crippen LogP contribution in [-0.2, 0) is 0 Å². The van der Waals surface area contributed by atoms with Gasteiger partial charge in [-0.3, -0.25) is 9.78 Å². The Kier molecular flexibility index (Phi) is 3.41. The van der Waals surface area contributed by atoms with Crippen molar-refractivity contribution in [2.24, 2.45) is 0 Å². The second kappa shape index (κ2) is 4.37. The summed E-state index contributed by atoms with van der Waals surface area (Å²) in [5.74, 6) is 0.0858. The summed E-state index contributed by atoms with van der Waals surface area (Å²) in [5, 5.41) is 2.75.